The van der Waals surface area contributed by atoms with Crippen LogP contribution < -0.4 is 0 Å². The van der Waals surface area contributed by atoms with E-state index in [-0.39, 0.29) is 0 Å². The van der Waals surface area contributed by atoms with Crippen LogP contribution in [0.4, 0.5) is 0 Å². The fraction of sp³-hybridized carbons (Fsp3) is 0.0833. The number of hydrogen-bond donors (Lipinski definition) is 0. The maximum absolute atomic E-state index is 4.91. The lowest BCUT2D eigenvalue weighted by molar-refractivity contribution is 0.948. The van der Waals surface area contributed by atoms with Crippen molar-refractivity contribution in [2.24, 2.45) is 0 Å². The van der Waals surface area contributed by atoms with Gasteiger partial charge in [-0.2, -0.15) is 0 Å². The van der Waals surface area contributed by atoms with Crippen LogP contribution in [0.3, 0.4) is 0 Å². The summed E-state index contributed by atoms with van der Waals surface area (Å²) in [5.74, 6) is 0.863. The minimum Gasteiger partial charge on any atom is -0.232 e. The van der Waals surface area contributed by atoms with Crippen LogP contribution in [-0.4, -0.2) is 9.97 Å². The normalized spacial score (nSPS) is 10.7. The van der Waals surface area contributed by atoms with Gasteiger partial charge in [-0.3, -0.25) is 0 Å². The van der Waals surface area contributed by atoms with Crippen molar-refractivity contribution in [3.05, 3.63) is 96.8 Å². The van der Waals surface area contributed by atoms with Crippen molar-refractivity contribution in [3.63, 3.8) is 0 Å². The summed E-state index contributed by atoms with van der Waals surface area (Å²) >= 11 is 0. The second-order valence-corrected chi connectivity index (χ2v) is 6.16. The van der Waals surface area contributed by atoms with Gasteiger partial charge < -0.3 is 0 Å². The molecule has 4 aromatic rings. The van der Waals surface area contributed by atoms with E-state index in [1.807, 2.05) is 18.2 Å². The predicted molar refractivity (Wildman–Crippen MR) is 108 cm³/mol. The van der Waals surface area contributed by atoms with E-state index < -0.39 is 0 Å². The zero-order valence-corrected chi connectivity index (χ0v) is 14.8. The van der Waals surface area contributed by atoms with Crippen LogP contribution in [0.5, 0.6) is 0 Å². The molecule has 0 atom stereocenters. The molecule has 0 saturated carbocycles. The van der Waals surface area contributed by atoms with E-state index >= 15 is 0 Å². The van der Waals surface area contributed by atoms with Gasteiger partial charge in [-0.15, -0.1) is 0 Å². The molecule has 0 aliphatic carbocycles. The fourth-order valence-corrected chi connectivity index (χ4v) is 3.15. The summed E-state index contributed by atoms with van der Waals surface area (Å²) in [5.41, 5.74) is 6.42. The summed E-state index contributed by atoms with van der Waals surface area (Å²) in [4.78, 5) is 9.83. The molecule has 26 heavy (non-hydrogen) atoms. The zero-order valence-electron chi connectivity index (χ0n) is 14.8. The molecule has 0 aliphatic heterocycles. The molecule has 0 N–H and O–H groups in total. The molecule has 0 bridgehead atoms. The molecule has 0 unspecified atom stereocenters. The average molecular weight is 336 g/mol. The fourth-order valence-electron chi connectivity index (χ4n) is 3.15. The third-order valence-electron chi connectivity index (χ3n) is 4.43. The Balaban J connectivity index is 2.07. The number of hydrogen-bond acceptors (Lipinski definition) is 2. The lowest BCUT2D eigenvalue weighted by Crippen LogP contribution is -2.02. The number of aromatic nitrogens is 2. The Labute approximate surface area is 154 Å². The number of rotatable bonds is 4. The molecule has 126 valence electrons. The molecule has 0 radical (unpaired) electrons. The highest BCUT2D eigenvalue weighted by molar-refractivity contribution is 5.90. The first-order valence-electron chi connectivity index (χ1n) is 8.94. The van der Waals surface area contributed by atoms with Gasteiger partial charge in [0, 0.05) is 23.1 Å². The van der Waals surface area contributed by atoms with Crippen molar-refractivity contribution < 1.29 is 0 Å². The maximum atomic E-state index is 4.91. The van der Waals surface area contributed by atoms with E-state index in [0.29, 0.717) is 0 Å². The molecule has 0 aliphatic rings. The first kappa shape index (κ1) is 16.2. The lowest BCUT2D eigenvalue weighted by Gasteiger charge is -2.16. The van der Waals surface area contributed by atoms with Crippen LogP contribution in [0, 0.1) is 0 Å². The topological polar surface area (TPSA) is 25.8 Å². The van der Waals surface area contributed by atoms with Crippen molar-refractivity contribution in [2.75, 3.05) is 0 Å². The molecule has 3 aromatic carbocycles. The van der Waals surface area contributed by atoms with Gasteiger partial charge in [-0.25, -0.2) is 9.97 Å². The molecule has 1 aromatic heterocycles. The van der Waals surface area contributed by atoms with Crippen molar-refractivity contribution >= 4 is 0 Å². The first-order valence-corrected chi connectivity index (χ1v) is 8.94. The summed E-state index contributed by atoms with van der Waals surface area (Å²) in [6.45, 7) is 2.10. The van der Waals surface area contributed by atoms with Gasteiger partial charge in [-0.05, 0) is 5.56 Å². The molecule has 2 heteroatoms. The molecule has 0 saturated heterocycles. The summed E-state index contributed by atoms with van der Waals surface area (Å²) in [7, 11) is 0. The van der Waals surface area contributed by atoms with Gasteiger partial charge in [-0.1, -0.05) is 97.9 Å². The third-order valence-corrected chi connectivity index (χ3v) is 4.43. The van der Waals surface area contributed by atoms with E-state index in [1.165, 1.54) is 0 Å². The maximum Gasteiger partial charge on any atom is 0.129 e. The van der Waals surface area contributed by atoms with Gasteiger partial charge in [0.2, 0.25) is 0 Å². The van der Waals surface area contributed by atoms with Crippen LogP contribution >= 0.6 is 0 Å². The Morgan fingerprint density at radius 3 is 1.31 bits per heavy atom. The van der Waals surface area contributed by atoms with Gasteiger partial charge in [0.25, 0.3) is 0 Å². The Hall–Kier alpha value is -3.26. The molecular formula is C24H20N2. The third kappa shape index (κ3) is 3.14. The molecule has 1 heterocycles. The monoisotopic (exact) mass is 336 g/mol. The van der Waals surface area contributed by atoms with Crippen LogP contribution in [0.25, 0.3) is 33.6 Å². The van der Waals surface area contributed by atoms with E-state index in [2.05, 4.69) is 79.7 Å². The van der Waals surface area contributed by atoms with Crippen LogP contribution in [-0.2, 0) is 6.42 Å². The van der Waals surface area contributed by atoms with Crippen LogP contribution in [0.2, 0.25) is 0 Å². The summed E-state index contributed by atoms with van der Waals surface area (Å²) < 4.78 is 0. The average Bonchev–Trinajstić information content (AvgIpc) is 2.74. The molecule has 0 amide bonds. The smallest absolute Gasteiger partial charge is 0.129 e. The van der Waals surface area contributed by atoms with Crippen molar-refractivity contribution in [1.29, 1.82) is 0 Å². The van der Waals surface area contributed by atoms with Gasteiger partial charge >= 0.3 is 0 Å². The first-order chi connectivity index (χ1) is 12.9. The summed E-state index contributed by atoms with van der Waals surface area (Å²) in [5, 5.41) is 0. The highest BCUT2D eigenvalue weighted by Crippen LogP contribution is 2.37. The van der Waals surface area contributed by atoms with Crippen LogP contribution in [0.15, 0.2) is 91.0 Å². The van der Waals surface area contributed by atoms with E-state index in [9.17, 15) is 0 Å². The van der Waals surface area contributed by atoms with E-state index in [0.717, 1.165) is 45.9 Å². The SMILES string of the molecule is CCc1nc(-c2ccccc2)c(-c2ccccc2)c(-c2ccccc2)n1. The van der Waals surface area contributed by atoms with Crippen molar-refractivity contribution in [3.8, 4) is 33.6 Å². The lowest BCUT2D eigenvalue weighted by atomic mass is 9.94. The standard InChI is InChI=1S/C24H20N2/c1-2-21-25-23(19-14-8-4-9-15-19)22(18-12-6-3-7-13-18)24(26-21)20-16-10-5-11-17-20/h3-17H,2H2,1H3. The zero-order chi connectivity index (χ0) is 17.8. The Bertz CT molecular complexity index is 934. The van der Waals surface area contributed by atoms with Gasteiger partial charge in [0.05, 0.1) is 11.4 Å². The molecule has 2 nitrogen and oxygen atoms in total. The Morgan fingerprint density at radius 2 is 0.923 bits per heavy atom. The molecule has 4 rings (SSSR count). The number of benzene rings is 3. The van der Waals surface area contributed by atoms with E-state index in [4.69, 9.17) is 9.97 Å². The van der Waals surface area contributed by atoms with Crippen molar-refractivity contribution in [2.45, 2.75) is 13.3 Å². The minimum absolute atomic E-state index is 0.800. The molecule has 0 fully saturated rings. The molecular weight excluding hydrogens is 316 g/mol. The highest BCUT2D eigenvalue weighted by Gasteiger charge is 2.18. The predicted octanol–water partition coefficient (Wildman–Crippen LogP) is 6.04. The Kier molecular flexibility index (Phi) is 4.57. The minimum atomic E-state index is 0.800. The second-order valence-electron chi connectivity index (χ2n) is 6.16. The number of aryl methyl sites for hydroxylation is 1. The van der Waals surface area contributed by atoms with Gasteiger partial charge in [0.1, 0.15) is 5.82 Å². The summed E-state index contributed by atoms with van der Waals surface area (Å²) in [6, 6.07) is 31.2. The van der Waals surface area contributed by atoms with Gasteiger partial charge in [0.15, 0.2) is 0 Å². The van der Waals surface area contributed by atoms with Crippen molar-refractivity contribution in [1.82, 2.24) is 9.97 Å². The molecule has 0 spiro atoms. The largest absolute Gasteiger partial charge is 0.232 e. The number of nitrogens with zero attached hydrogens (tertiary/aromatic N) is 2. The summed E-state index contributed by atoms with van der Waals surface area (Å²) in [6.07, 6.45) is 0.800. The van der Waals surface area contributed by atoms with Crippen LogP contribution in [0.1, 0.15) is 12.7 Å². The van der Waals surface area contributed by atoms with E-state index in [1.54, 1.807) is 0 Å². The Morgan fingerprint density at radius 1 is 0.538 bits per heavy atom. The quantitative estimate of drug-likeness (QED) is 0.454. The highest BCUT2D eigenvalue weighted by atomic mass is 14.9. The second kappa shape index (κ2) is 7.32.